The second-order valence-corrected chi connectivity index (χ2v) is 3.46. The first-order chi connectivity index (χ1) is 7.65. The Hall–Kier alpha value is -2.24. The topological polar surface area (TPSA) is 96.9 Å². The first kappa shape index (κ1) is 10.3. The summed E-state index contributed by atoms with van der Waals surface area (Å²) in [5, 5.41) is 6.46. The second-order valence-electron chi connectivity index (χ2n) is 3.46. The molecule has 0 aliphatic carbocycles. The molecule has 0 saturated heterocycles. The minimum atomic E-state index is -0.225. The summed E-state index contributed by atoms with van der Waals surface area (Å²) < 4.78 is 4.88. The molecule has 0 aromatic carbocycles. The molecule has 84 valence electrons. The predicted molar refractivity (Wildman–Crippen MR) is 57.6 cm³/mol. The van der Waals surface area contributed by atoms with Gasteiger partial charge in [0, 0.05) is 18.0 Å². The van der Waals surface area contributed by atoms with Crippen LogP contribution in [-0.4, -0.2) is 16.0 Å². The molecule has 0 aliphatic rings. The maximum Gasteiger partial charge on any atom is 0.268 e. The normalized spacial score (nSPS) is 10.3. The van der Waals surface area contributed by atoms with E-state index in [1.807, 2.05) is 0 Å². The zero-order valence-corrected chi connectivity index (χ0v) is 8.78. The number of aromatic nitrogens is 2. The fourth-order valence-corrected chi connectivity index (χ4v) is 1.31. The van der Waals surface area contributed by atoms with Crippen molar-refractivity contribution < 1.29 is 9.32 Å². The summed E-state index contributed by atoms with van der Waals surface area (Å²) in [7, 11) is 0. The molecule has 0 unspecified atom stereocenters. The molecule has 0 radical (unpaired) electrons. The van der Waals surface area contributed by atoms with Crippen LogP contribution in [0.2, 0.25) is 0 Å². The summed E-state index contributed by atoms with van der Waals surface area (Å²) in [6.07, 6.45) is 1.56. The molecule has 0 bridgehead atoms. The minimum absolute atomic E-state index is 0.225. The van der Waals surface area contributed by atoms with E-state index in [1.165, 1.54) is 0 Å². The maximum atomic E-state index is 11.6. The van der Waals surface area contributed by atoms with Crippen molar-refractivity contribution in [1.29, 1.82) is 0 Å². The number of nitrogens with two attached hydrogens (primary N) is 1. The number of rotatable bonds is 3. The van der Waals surface area contributed by atoms with Gasteiger partial charge in [0.25, 0.3) is 5.91 Å². The molecule has 2 rings (SSSR count). The average Bonchev–Trinajstić information content (AvgIpc) is 2.84. The van der Waals surface area contributed by atoms with Gasteiger partial charge in [-0.15, -0.1) is 0 Å². The fourth-order valence-electron chi connectivity index (χ4n) is 1.31. The van der Waals surface area contributed by atoms with Crippen molar-refractivity contribution in [3.8, 4) is 0 Å². The Kier molecular flexibility index (Phi) is 2.63. The van der Waals surface area contributed by atoms with Crippen molar-refractivity contribution in [2.24, 2.45) is 0 Å². The first-order valence-electron chi connectivity index (χ1n) is 4.79. The highest BCUT2D eigenvalue weighted by molar-refractivity contribution is 5.93. The van der Waals surface area contributed by atoms with Crippen molar-refractivity contribution in [2.45, 2.75) is 13.5 Å². The molecule has 0 fully saturated rings. The zero-order chi connectivity index (χ0) is 11.5. The highest BCUT2D eigenvalue weighted by atomic mass is 16.5. The number of amides is 1. The Bertz CT molecular complexity index is 500. The molecular formula is C10H12N4O2. The van der Waals surface area contributed by atoms with E-state index in [4.69, 9.17) is 10.3 Å². The number of carbonyl (C=O) groups is 1. The zero-order valence-electron chi connectivity index (χ0n) is 8.78. The van der Waals surface area contributed by atoms with Crippen molar-refractivity contribution in [3.05, 3.63) is 35.5 Å². The second kappa shape index (κ2) is 4.09. The molecule has 0 atom stereocenters. The van der Waals surface area contributed by atoms with Gasteiger partial charge in [0.05, 0.1) is 6.54 Å². The molecule has 0 spiro atoms. The molecule has 0 aliphatic heterocycles. The Balaban J connectivity index is 1.93. The molecule has 0 saturated carbocycles. The van der Waals surface area contributed by atoms with E-state index in [0.29, 0.717) is 29.4 Å². The average molecular weight is 220 g/mol. The van der Waals surface area contributed by atoms with E-state index >= 15 is 0 Å². The first-order valence-corrected chi connectivity index (χ1v) is 4.79. The van der Waals surface area contributed by atoms with Gasteiger partial charge in [-0.1, -0.05) is 5.16 Å². The predicted octanol–water partition coefficient (Wildman–Crippen LogP) is 0.823. The Labute approximate surface area is 91.8 Å². The number of nitrogens with zero attached hydrogens (tertiary/aromatic N) is 1. The number of aromatic amines is 1. The van der Waals surface area contributed by atoms with Crippen molar-refractivity contribution in [1.82, 2.24) is 15.5 Å². The largest absolute Gasteiger partial charge is 0.397 e. The van der Waals surface area contributed by atoms with Gasteiger partial charge in [0.1, 0.15) is 17.1 Å². The summed E-state index contributed by atoms with van der Waals surface area (Å²) in [4.78, 5) is 14.3. The molecule has 2 aromatic heterocycles. The Morgan fingerprint density at radius 2 is 2.44 bits per heavy atom. The number of carbonyl (C=O) groups excluding carboxylic acids is 1. The standard InChI is InChI=1S/C10H12N4O2/c1-6-2-8(14-16-6)5-13-10(15)9-3-7(11)4-12-9/h2-4,12H,5,11H2,1H3,(H,13,15). The van der Waals surface area contributed by atoms with Crippen LogP contribution >= 0.6 is 0 Å². The fraction of sp³-hybridized carbons (Fsp3) is 0.200. The summed E-state index contributed by atoms with van der Waals surface area (Å²) >= 11 is 0. The molecule has 6 heteroatoms. The number of nitrogen functional groups attached to an aromatic ring is 1. The van der Waals surface area contributed by atoms with Gasteiger partial charge >= 0.3 is 0 Å². The number of hydrogen-bond acceptors (Lipinski definition) is 4. The van der Waals surface area contributed by atoms with Crippen molar-refractivity contribution >= 4 is 11.6 Å². The van der Waals surface area contributed by atoms with Crippen LogP contribution in [0.3, 0.4) is 0 Å². The van der Waals surface area contributed by atoms with E-state index in [2.05, 4.69) is 15.5 Å². The number of aryl methyl sites for hydroxylation is 1. The lowest BCUT2D eigenvalue weighted by Crippen LogP contribution is -2.23. The van der Waals surface area contributed by atoms with E-state index < -0.39 is 0 Å². The molecule has 4 N–H and O–H groups in total. The number of H-pyrrole nitrogens is 1. The Morgan fingerprint density at radius 1 is 1.62 bits per heavy atom. The molecule has 16 heavy (non-hydrogen) atoms. The van der Waals surface area contributed by atoms with Gasteiger partial charge in [-0.05, 0) is 13.0 Å². The lowest BCUT2D eigenvalue weighted by molar-refractivity contribution is 0.0945. The van der Waals surface area contributed by atoms with Crippen LogP contribution in [0.4, 0.5) is 5.69 Å². The van der Waals surface area contributed by atoms with Gasteiger partial charge in [-0.2, -0.15) is 0 Å². The lowest BCUT2D eigenvalue weighted by Gasteiger charge is -1.99. The van der Waals surface area contributed by atoms with E-state index in [1.54, 1.807) is 25.3 Å². The van der Waals surface area contributed by atoms with Gasteiger partial charge in [-0.25, -0.2) is 0 Å². The number of anilines is 1. The van der Waals surface area contributed by atoms with E-state index in [9.17, 15) is 4.79 Å². The lowest BCUT2D eigenvalue weighted by atomic mass is 10.3. The number of nitrogens with one attached hydrogen (secondary N) is 2. The van der Waals surface area contributed by atoms with Gasteiger partial charge < -0.3 is 20.6 Å². The highest BCUT2D eigenvalue weighted by Crippen LogP contribution is 2.05. The van der Waals surface area contributed by atoms with Crippen molar-refractivity contribution in [3.63, 3.8) is 0 Å². The summed E-state index contributed by atoms with van der Waals surface area (Å²) in [5.41, 5.74) is 7.13. The summed E-state index contributed by atoms with van der Waals surface area (Å²) in [6.45, 7) is 2.12. The quantitative estimate of drug-likeness (QED) is 0.713. The smallest absolute Gasteiger partial charge is 0.268 e. The van der Waals surface area contributed by atoms with Crippen LogP contribution in [-0.2, 0) is 6.54 Å². The molecule has 2 aromatic rings. The SMILES string of the molecule is Cc1cc(CNC(=O)c2cc(N)c[nH]2)no1. The van der Waals surface area contributed by atoms with Crippen LogP contribution in [0.1, 0.15) is 21.9 Å². The highest BCUT2D eigenvalue weighted by Gasteiger charge is 2.08. The van der Waals surface area contributed by atoms with Crippen LogP contribution in [0, 0.1) is 6.92 Å². The van der Waals surface area contributed by atoms with Gasteiger partial charge in [0.2, 0.25) is 0 Å². The van der Waals surface area contributed by atoms with Gasteiger partial charge in [-0.3, -0.25) is 4.79 Å². The van der Waals surface area contributed by atoms with Crippen molar-refractivity contribution in [2.75, 3.05) is 5.73 Å². The van der Waals surface area contributed by atoms with E-state index in [0.717, 1.165) is 0 Å². The molecule has 6 nitrogen and oxygen atoms in total. The van der Waals surface area contributed by atoms with Crippen LogP contribution in [0.5, 0.6) is 0 Å². The third-order valence-corrected chi connectivity index (χ3v) is 2.06. The monoisotopic (exact) mass is 220 g/mol. The third kappa shape index (κ3) is 2.22. The number of hydrogen-bond donors (Lipinski definition) is 3. The van der Waals surface area contributed by atoms with Gasteiger partial charge in [0.15, 0.2) is 0 Å². The Morgan fingerprint density at radius 3 is 3.00 bits per heavy atom. The van der Waals surface area contributed by atoms with Crippen LogP contribution in [0.25, 0.3) is 0 Å². The summed E-state index contributed by atoms with van der Waals surface area (Å²) in [6, 6.07) is 3.34. The molecule has 1 amide bonds. The summed E-state index contributed by atoms with van der Waals surface area (Å²) in [5.74, 6) is 0.491. The minimum Gasteiger partial charge on any atom is -0.397 e. The van der Waals surface area contributed by atoms with Crippen LogP contribution in [0.15, 0.2) is 22.9 Å². The molecular weight excluding hydrogens is 208 g/mol. The van der Waals surface area contributed by atoms with Crippen LogP contribution < -0.4 is 11.1 Å². The maximum absolute atomic E-state index is 11.6. The third-order valence-electron chi connectivity index (χ3n) is 2.06. The molecule has 2 heterocycles. The van der Waals surface area contributed by atoms with E-state index in [-0.39, 0.29) is 5.91 Å².